The average Bonchev–Trinajstić information content (AvgIpc) is 2.95. The van der Waals surface area contributed by atoms with Crippen LogP contribution in [0.5, 0.6) is 0 Å². The summed E-state index contributed by atoms with van der Waals surface area (Å²) < 4.78 is 5.12. The van der Waals surface area contributed by atoms with Crippen LogP contribution >= 0.6 is 11.8 Å². The fourth-order valence-corrected chi connectivity index (χ4v) is 2.78. The Labute approximate surface area is 128 Å². The van der Waals surface area contributed by atoms with Crippen LogP contribution in [-0.4, -0.2) is 41.5 Å². The van der Waals surface area contributed by atoms with Crippen LogP contribution in [0.4, 0.5) is 0 Å². The number of hydrogen-bond acceptors (Lipinski definition) is 4. The van der Waals surface area contributed by atoms with Crippen molar-refractivity contribution < 1.29 is 19.4 Å². The van der Waals surface area contributed by atoms with Crippen molar-refractivity contribution in [3.8, 4) is 0 Å². The molecule has 0 aromatic heterocycles. The van der Waals surface area contributed by atoms with E-state index in [0.29, 0.717) is 18.6 Å². The van der Waals surface area contributed by atoms with E-state index in [0.717, 1.165) is 17.1 Å². The minimum absolute atomic E-state index is 0.0132. The van der Waals surface area contributed by atoms with Crippen molar-refractivity contribution in [1.29, 1.82) is 0 Å². The van der Waals surface area contributed by atoms with Gasteiger partial charge >= 0.3 is 5.97 Å². The first-order chi connectivity index (χ1) is 10.1. The van der Waals surface area contributed by atoms with Crippen molar-refractivity contribution in [3.05, 3.63) is 35.4 Å². The highest BCUT2D eigenvalue weighted by Crippen LogP contribution is 2.20. The number of nitrogens with one attached hydrogen (secondary N) is 1. The van der Waals surface area contributed by atoms with Crippen LogP contribution in [0.3, 0.4) is 0 Å². The number of carboxylic acids is 1. The summed E-state index contributed by atoms with van der Waals surface area (Å²) in [6.07, 6.45) is 0.291. The largest absolute Gasteiger partial charge is 0.479 e. The molecule has 21 heavy (non-hydrogen) atoms. The minimum atomic E-state index is -1.30. The first-order valence-electron chi connectivity index (χ1n) is 6.88. The second-order valence-electron chi connectivity index (χ2n) is 4.98. The van der Waals surface area contributed by atoms with Gasteiger partial charge in [-0.25, -0.2) is 4.79 Å². The van der Waals surface area contributed by atoms with Crippen molar-refractivity contribution in [2.24, 2.45) is 0 Å². The van der Waals surface area contributed by atoms with Gasteiger partial charge in [-0.2, -0.15) is 11.8 Å². The number of aliphatic carboxylic acids is 1. The van der Waals surface area contributed by atoms with Gasteiger partial charge in [0.1, 0.15) is 0 Å². The maximum Gasteiger partial charge on any atom is 0.331 e. The van der Waals surface area contributed by atoms with E-state index in [1.165, 1.54) is 0 Å². The highest BCUT2D eigenvalue weighted by Gasteiger charge is 2.44. The Kier molecular flexibility index (Phi) is 5.25. The standard InChI is InChI=1S/C15H19NO4S/c1-2-21-9-11-3-5-12(6-4-11)13(17)16-15(14(18)19)7-8-20-10-15/h3-6H,2,7-10H2,1H3,(H,16,17)(H,18,19). The molecular formula is C15H19NO4S. The van der Waals surface area contributed by atoms with Crippen LogP contribution < -0.4 is 5.32 Å². The van der Waals surface area contributed by atoms with Crippen molar-refractivity contribution in [1.82, 2.24) is 5.32 Å². The van der Waals surface area contributed by atoms with Gasteiger partial charge in [-0.3, -0.25) is 4.79 Å². The predicted octanol–water partition coefficient (Wildman–Crippen LogP) is 1.91. The first-order valence-corrected chi connectivity index (χ1v) is 8.03. The topological polar surface area (TPSA) is 75.6 Å². The van der Waals surface area contributed by atoms with E-state index in [9.17, 15) is 14.7 Å². The van der Waals surface area contributed by atoms with Gasteiger partial charge in [0, 0.05) is 24.3 Å². The summed E-state index contributed by atoms with van der Waals surface area (Å²) in [6, 6.07) is 7.25. The van der Waals surface area contributed by atoms with E-state index in [-0.39, 0.29) is 12.5 Å². The van der Waals surface area contributed by atoms with E-state index >= 15 is 0 Å². The third kappa shape index (κ3) is 3.77. The molecule has 1 amide bonds. The van der Waals surface area contributed by atoms with E-state index in [2.05, 4.69) is 12.2 Å². The Hall–Kier alpha value is -1.53. The molecule has 1 fully saturated rings. The first kappa shape index (κ1) is 15.9. The Morgan fingerprint density at radius 3 is 2.62 bits per heavy atom. The van der Waals surface area contributed by atoms with Gasteiger partial charge in [0.2, 0.25) is 0 Å². The zero-order valence-corrected chi connectivity index (χ0v) is 12.7. The summed E-state index contributed by atoms with van der Waals surface area (Å²) in [5.41, 5.74) is 0.316. The molecule has 2 rings (SSSR count). The average molecular weight is 309 g/mol. The summed E-state index contributed by atoms with van der Waals surface area (Å²) in [4.78, 5) is 23.6. The molecule has 0 radical (unpaired) electrons. The molecule has 0 saturated carbocycles. The molecule has 114 valence electrons. The maximum atomic E-state index is 12.2. The van der Waals surface area contributed by atoms with E-state index in [1.807, 2.05) is 23.9 Å². The molecular weight excluding hydrogens is 290 g/mol. The molecule has 0 aliphatic carbocycles. The fourth-order valence-electron chi connectivity index (χ4n) is 2.15. The Balaban J connectivity index is 2.04. The summed E-state index contributed by atoms with van der Waals surface area (Å²) in [5, 5.41) is 11.9. The quantitative estimate of drug-likeness (QED) is 0.839. The zero-order valence-electron chi connectivity index (χ0n) is 11.9. The number of carbonyl (C=O) groups excluding carboxylic acids is 1. The van der Waals surface area contributed by atoms with E-state index in [1.54, 1.807) is 12.1 Å². The number of hydrogen-bond donors (Lipinski definition) is 2. The summed E-state index contributed by atoms with van der Waals surface area (Å²) >= 11 is 1.81. The lowest BCUT2D eigenvalue weighted by Crippen LogP contribution is -2.55. The highest BCUT2D eigenvalue weighted by atomic mass is 32.2. The SMILES string of the molecule is CCSCc1ccc(C(=O)NC2(C(=O)O)CCOC2)cc1. The Morgan fingerprint density at radius 2 is 2.10 bits per heavy atom. The van der Waals surface area contributed by atoms with Crippen molar-refractivity contribution in [2.75, 3.05) is 19.0 Å². The van der Waals surface area contributed by atoms with Crippen LogP contribution in [0, 0.1) is 0 Å². The molecule has 1 aromatic carbocycles. The number of thioether (sulfide) groups is 1. The van der Waals surface area contributed by atoms with Crippen molar-refractivity contribution in [3.63, 3.8) is 0 Å². The molecule has 1 saturated heterocycles. The second kappa shape index (κ2) is 6.95. The predicted molar refractivity (Wildman–Crippen MR) is 81.5 cm³/mol. The van der Waals surface area contributed by atoms with Crippen LogP contribution in [0.1, 0.15) is 29.3 Å². The van der Waals surface area contributed by atoms with E-state index < -0.39 is 11.5 Å². The second-order valence-corrected chi connectivity index (χ2v) is 6.25. The lowest BCUT2D eigenvalue weighted by atomic mass is 9.98. The highest BCUT2D eigenvalue weighted by molar-refractivity contribution is 7.98. The summed E-state index contributed by atoms with van der Waals surface area (Å²) in [6.45, 7) is 2.46. The number of rotatable bonds is 6. The molecule has 0 bridgehead atoms. The van der Waals surface area contributed by atoms with Crippen molar-refractivity contribution in [2.45, 2.75) is 24.6 Å². The number of carbonyl (C=O) groups is 2. The minimum Gasteiger partial charge on any atom is -0.479 e. The third-order valence-corrected chi connectivity index (χ3v) is 4.42. The number of amides is 1. The number of carboxylic acid groups (broad SMARTS) is 1. The lowest BCUT2D eigenvalue weighted by molar-refractivity contribution is -0.144. The van der Waals surface area contributed by atoms with E-state index in [4.69, 9.17) is 4.74 Å². The van der Waals surface area contributed by atoms with Gasteiger partial charge in [0.05, 0.1) is 6.61 Å². The van der Waals surface area contributed by atoms with Crippen molar-refractivity contribution >= 4 is 23.6 Å². The van der Waals surface area contributed by atoms with Gasteiger partial charge in [-0.05, 0) is 23.4 Å². The normalized spacial score (nSPS) is 21.2. The number of benzene rings is 1. The molecule has 1 aliphatic heterocycles. The molecule has 1 atom stereocenters. The number of ether oxygens (including phenoxy) is 1. The van der Waals surface area contributed by atoms with Gasteiger partial charge in [0.15, 0.2) is 5.54 Å². The van der Waals surface area contributed by atoms with Crippen LogP contribution in [0.25, 0.3) is 0 Å². The van der Waals surface area contributed by atoms with Crippen LogP contribution in [-0.2, 0) is 15.3 Å². The Bertz CT molecular complexity index is 509. The van der Waals surface area contributed by atoms with Crippen LogP contribution in [0.2, 0.25) is 0 Å². The summed E-state index contributed by atoms with van der Waals surface area (Å²) in [5.74, 6) is 0.524. The molecule has 6 heteroatoms. The van der Waals surface area contributed by atoms with Gasteiger partial charge in [-0.15, -0.1) is 0 Å². The molecule has 0 spiro atoms. The summed E-state index contributed by atoms with van der Waals surface area (Å²) in [7, 11) is 0. The molecule has 1 unspecified atom stereocenters. The zero-order chi connectivity index (χ0) is 15.3. The fraction of sp³-hybridized carbons (Fsp3) is 0.467. The maximum absolute atomic E-state index is 12.2. The smallest absolute Gasteiger partial charge is 0.331 e. The van der Waals surface area contributed by atoms with Crippen LogP contribution in [0.15, 0.2) is 24.3 Å². The molecule has 5 nitrogen and oxygen atoms in total. The van der Waals surface area contributed by atoms with Gasteiger partial charge < -0.3 is 15.2 Å². The monoisotopic (exact) mass is 309 g/mol. The Morgan fingerprint density at radius 1 is 1.38 bits per heavy atom. The lowest BCUT2D eigenvalue weighted by Gasteiger charge is -2.23. The molecule has 1 heterocycles. The molecule has 1 aromatic rings. The van der Waals surface area contributed by atoms with Gasteiger partial charge in [0.25, 0.3) is 5.91 Å². The van der Waals surface area contributed by atoms with Gasteiger partial charge in [-0.1, -0.05) is 19.1 Å². The third-order valence-electron chi connectivity index (χ3n) is 3.47. The molecule has 2 N–H and O–H groups in total. The molecule has 1 aliphatic rings.